The molecule has 2 N–H and O–H groups in total. The van der Waals surface area contributed by atoms with Gasteiger partial charge in [-0.15, -0.1) is 0 Å². The number of aromatic nitrogens is 5. The molecule has 3 heterocycles. The van der Waals surface area contributed by atoms with Crippen molar-refractivity contribution in [3.8, 4) is 5.69 Å². The van der Waals surface area contributed by atoms with Crippen LogP contribution < -0.4 is 5.32 Å². The van der Waals surface area contributed by atoms with Gasteiger partial charge in [0.2, 0.25) is 0 Å². The third kappa shape index (κ3) is 3.21. The number of hydrogen-bond acceptors (Lipinski definition) is 4. The Morgan fingerprint density at radius 1 is 1.12 bits per heavy atom. The largest absolute Gasteiger partial charge is 0.369 e. The van der Waals surface area contributed by atoms with E-state index in [4.69, 9.17) is 0 Å². The minimum Gasteiger partial charge on any atom is -0.369 e. The lowest BCUT2D eigenvalue weighted by Gasteiger charge is -2.16. The van der Waals surface area contributed by atoms with E-state index >= 15 is 0 Å². The van der Waals surface area contributed by atoms with E-state index in [9.17, 15) is 0 Å². The quantitative estimate of drug-likeness (QED) is 0.577. The van der Waals surface area contributed by atoms with Crippen LogP contribution in [-0.2, 0) is 0 Å². The van der Waals surface area contributed by atoms with Crippen molar-refractivity contribution < 1.29 is 0 Å². The highest BCUT2D eigenvalue weighted by Gasteiger charge is 2.17. The highest BCUT2D eigenvalue weighted by molar-refractivity contribution is 5.48. The zero-order valence-corrected chi connectivity index (χ0v) is 14.7. The Morgan fingerprint density at radius 3 is 2.77 bits per heavy atom. The Kier molecular flexibility index (Phi) is 4.23. The van der Waals surface area contributed by atoms with Crippen molar-refractivity contribution in [2.75, 3.05) is 5.32 Å². The lowest BCUT2D eigenvalue weighted by Crippen LogP contribution is -2.13. The molecule has 3 aromatic heterocycles. The maximum absolute atomic E-state index is 4.51. The Morgan fingerprint density at radius 2 is 2.04 bits per heavy atom. The van der Waals surface area contributed by atoms with Crippen molar-refractivity contribution in [1.29, 1.82) is 0 Å². The normalized spacial score (nSPS) is 12.1. The Balaban J connectivity index is 1.64. The molecule has 26 heavy (non-hydrogen) atoms. The van der Waals surface area contributed by atoms with Crippen LogP contribution in [0.25, 0.3) is 5.69 Å². The van der Waals surface area contributed by atoms with E-state index in [1.54, 1.807) is 12.4 Å². The fourth-order valence-electron chi connectivity index (χ4n) is 3.05. The summed E-state index contributed by atoms with van der Waals surface area (Å²) in [5.74, 6) is 0.831. The summed E-state index contributed by atoms with van der Waals surface area (Å²) in [4.78, 5) is 11.8. The zero-order valence-electron chi connectivity index (χ0n) is 14.7. The van der Waals surface area contributed by atoms with Gasteiger partial charge >= 0.3 is 0 Å². The number of rotatable bonds is 5. The molecular formula is C20H20N6. The summed E-state index contributed by atoms with van der Waals surface area (Å²) >= 11 is 0. The monoisotopic (exact) mass is 344 g/mol. The third-order valence-corrected chi connectivity index (χ3v) is 4.30. The van der Waals surface area contributed by atoms with Gasteiger partial charge < -0.3 is 10.3 Å². The molecule has 1 atom stereocenters. The van der Waals surface area contributed by atoms with Gasteiger partial charge in [-0.05, 0) is 31.5 Å². The standard InChI is InChI=1S/C20H20N6/c1-14-5-6-18(15(2)10-14)26-13-17(12-24-26)25-19(20-22-8-9-23-20)16-4-3-7-21-11-16/h3-13,19,25H,1-2H3,(H,22,23)/t19-/m0/s1. The van der Waals surface area contributed by atoms with Crippen LogP contribution in [0.15, 0.2) is 67.5 Å². The van der Waals surface area contributed by atoms with E-state index in [2.05, 4.69) is 57.4 Å². The van der Waals surface area contributed by atoms with Gasteiger partial charge in [-0.2, -0.15) is 5.10 Å². The molecule has 1 aromatic carbocycles. The second-order valence-corrected chi connectivity index (χ2v) is 6.30. The molecule has 4 aromatic rings. The number of aromatic amines is 1. The molecule has 0 saturated carbocycles. The van der Waals surface area contributed by atoms with Gasteiger partial charge in [0.05, 0.1) is 23.8 Å². The van der Waals surface area contributed by atoms with Crippen LogP contribution in [-0.4, -0.2) is 24.7 Å². The van der Waals surface area contributed by atoms with Crippen LogP contribution in [0, 0.1) is 13.8 Å². The summed E-state index contributed by atoms with van der Waals surface area (Å²) in [5, 5.41) is 8.01. The number of imidazole rings is 1. The van der Waals surface area contributed by atoms with Gasteiger partial charge in [0.15, 0.2) is 0 Å². The van der Waals surface area contributed by atoms with E-state index in [0.29, 0.717) is 0 Å². The van der Waals surface area contributed by atoms with Crippen LogP contribution in [0.3, 0.4) is 0 Å². The third-order valence-electron chi connectivity index (χ3n) is 4.30. The second-order valence-electron chi connectivity index (χ2n) is 6.30. The lowest BCUT2D eigenvalue weighted by atomic mass is 10.1. The van der Waals surface area contributed by atoms with E-state index in [1.165, 1.54) is 11.1 Å². The highest BCUT2D eigenvalue weighted by atomic mass is 15.3. The van der Waals surface area contributed by atoms with Gasteiger partial charge in [-0.25, -0.2) is 9.67 Å². The van der Waals surface area contributed by atoms with Crippen molar-refractivity contribution in [2.24, 2.45) is 0 Å². The maximum Gasteiger partial charge on any atom is 0.133 e. The molecule has 0 fully saturated rings. The molecular weight excluding hydrogens is 324 g/mol. The minimum atomic E-state index is -0.129. The molecule has 4 rings (SSSR count). The molecule has 0 unspecified atom stereocenters. The summed E-state index contributed by atoms with van der Waals surface area (Å²) < 4.78 is 1.89. The second kappa shape index (κ2) is 6.84. The first kappa shape index (κ1) is 16.1. The number of aryl methyl sites for hydroxylation is 2. The predicted molar refractivity (Wildman–Crippen MR) is 101 cm³/mol. The molecule has 0 aliphatic carbocycles. The summed E-state index contributed by atoms with van der Waals surface area (Å²) in [6, 6.07) is 10.2. The number of benzene rings is 1. The number of nitrogens with zero attached hydrogens (tertiary/aromatic N) is 4. The first-order chi connectivity index (χ1) is 12.7. The topological polar surface area (TPSA) is 71.4 Å². The molecule has 0 spiro atoms. The van der Waals surface area contributed by atoms with Crippen LogP contribution >= 0.6 is 0 Å². The summed E-state index contributed by atoms with van der Waals surface area (Å²) in [6.45, 7) is 4.19. The van der Waals surface area contributed by atoms with E-state index in [-0.39, 0.29) is 6.04 Å². The minimum absolute atomic E-state index is 0.129. The SMILES string of the molecule is Cc1ccc(-n2cc(N[C@@H](c3cccnc3)c3ncc[nH]3)cn2)c(C)c1. The number of hydrogen-bond donors (Lipinski definition) is 2. The van der Waals surface area contributed by atoms with Crippen LogP contribution in [0.5, 0.6) is 0 Å². The number of nitrogens with one attached hydrogen (secondary N) is 2. The van der Waals surface area contributed by atoms with E-state index in [0.717, 1.165) is 22.8 Å². The number of H-pyrrole nitrogens is 1. The van der Waals surface area contributed by atoms with Crippen molar-refractivity contribution in [1.82, 2.24) is 24.7 Å². The van der Waals surface area contributed by atoms with Crippen molar-refractivity contribution in [3.05, 3.63) is 90.0 Å². The molecule has 0 amide bonds. The Labute approximate surface area is 152 Å². The number of anilines is 1. The molecule has 0 aliphatic rings. The Hall–Kier alpha value is -3.41. The fraction of sp³-hybridized carbons (Fsp3) is 0.150. The molecule has 6 heteroatoms. The average Bonchev–Trinajstić information content (AvgIpc) is 3.32. The molecule has 0 bridgehead atoms. The van der Waals surface area contributed by atoms with Gasteiger partial charge in [0, 0.05) is 30.4 Å². The molecule has 130 valence electrons. The summed E-state index contributed by atoms with van der Waals surface area (Å²) in [5.41, 5.74) is 5.44. The molecule has 0 saturated heterocycles. The zero-order chi connectivity index (χ0) is 17.9. The first-order valence-corrected chi connectivity index (χ1v) is 8.49. The van der Waals surface area contributed by atoms with Gasteiger partial charge in [-0.1, -0.05) is 23.8 Å². The van der Waals surface area contributed by atoms with E-state index < -0.39 is 0 Å². The van der Waals surface area contributed by atoms with Crippen molar-refractivity contribution >= 4 is 5.69 Å². The Bertz CT molecular complexity index is 988. The van der Waals surface area contributed by atoms with Crippen LogP contribution in [0.2, 0.25) is 0 Å². The summed E-state index contributed by atoms with van der Waals surface area (Å²) in [6.07, 6.45) is 11.0. The molecule has 0 aliphatic heterocycles. The first-order valence-electron chi connectivity index (χ1n) is 8.49. The van der Waals surface area contributed by atoms with Crippen LogP contribution in [0.1, 0.15) is 28.6 Å². The average molecular weight is 344 g/mol. The van der Waals surface area contributed by atoms with Gasteiger partial charge in [0.25, 0.3) is 0 Å². The fourth-order valence-corrected chi connectivity index (χ4v) is 3.05. The van der Waals surface area contributed by atoms with Gasteiger partial charge in [0.1, 0.15) is 11.9 Å². The number of pyridine rings is 1. The van der Waals surface area contributed by atoms with Crippen LogP contribution in [0.4, 0.5) is 5.69 Å². The van der Waals surface area contributed by atoms with Crippen molar-refractivity contribution in [2.45, 2.75) is 19.9 Å². The van der Waals surface area contributed by atoms with E-state index in [1.807, 2.05) is 41.6 Å². The highest BCUT2D eigenvalue weighted by Crippen LogP contribution is 2.24. The van der Waals surface area contributed by atoms with Gasteiger partial charge in [-0.3, -0.25) is 4.98 Å². The summed E-state index contributed by atoms with van der Waals surface area (Å²) in [7, 11) is 0. The van der Waals surface area contributed by atoms with Crippen molar-refractivity contribution in [3.63, 3.8) is 0 Å². The molecule has 6 nitrogen and oxygen atoms in total. The maximum atomic E-state index is 4.51. The lowest BCUT2D eigenvalue weighted by molar-refractivity contribution is 0.847. The molecule has 0 radical (unpaired) electrons. The predicted octanol–water partition coefficient (Wildman–Crippen LogP) is 3.81. The smallest absolute Gasteiger partial charge is 0.133 e.